The summed E-state index contributed by atoms with van der Waals surface area (Å²) in [5.74, 6) is 5.53. The van der Waals surface area contributed by atoms with Crippen molar-refractivity contribution in [2.75, 3.05) is 5.73 Å². The number of hydrogen-bond donors (Lipinski definition) is 3. The molecule has 1 aromatic heterocycles. The van der Waals surface area contributed by atoms with Crippen LogP contribution in [0.3, 0.4) is 0 Å². The minimum Gasteiger partial charge on any atom is -0.398 e. The molecule has 2 rings (SSSR count). The second kappa shape index (κ2) is 4.69. The van der Waals surface area contributed by atoms with Crippen LogP contribution in [0.1, 0.15) is 17.3 Å². The average molecular weight is 215 g/mol. The molecule has 1 aromatic carbocycles. The van der Waals surface area contributed by atoms with Crippen LogP contribution in [0.5, 0.6) is 0 Å². The summed E-state index contributed by atoms with van der Waals surface area (Å²) in [5, 5.41) is 0. The van der Waals surface area contributed by atoms with Crippen molar-refractivity contribution < 1.29 is 0 Å². The van der Waals surface area contributed by atoms with Gasteiger partial charge >= 0.3 is 0 Å². The van der Waals surface area contributed by atoms with Gasteiger partial charge in [0.1, 0.15) is 0 Å². The summed E-state index contributed by atoms with van der Waals surface area (Å²) in [7, 11) is 0. The third-order valence-electron chi connectivity index (χ3n) is 2.35. The molecular formula is C11H13N5. The van der Waals surface area contributed by atoms with Gasteiger partial charge in [0.05, 0.1) is 17.9 Å². The van der Waals surface area contributed by atoms with Crippen LogP contribution in [0.25, 0.3) is 0 Å². The number of nitrogens with zero attached hydrogens (tertiary/aromatic N) is 2. The summed E-state index contributed by atoms with van der Waals surface area (Å²) in [5.41, 5.74) is 10.9. The van der Waals surface area contributed by atoms with E-state index in [2.05, 4.69) is 15.4 Å². The molecule has 0 saturated carbocycles. The molecule has 1 unspecified atom stereocenters. The highest BCUT2D eigenvalue weighted by molar-refractivity contribution is 5.50. The fourth-order valence-corrected chi connectivity index (χ4v) is 1.57. The Labute approximate surface area is 93.5 Å². The molecule has 1 heterocycles. The first-order valence-electron chi connectivity index (χ1n) is 4.89. The van der Waals surface area contributed by atoms with E-state index in [1.807, 2.05) is 24.3 Å². The molecule has 0 amide bonds. The highest BCUT2D eigenvalue weighted by atomic mass is 15.2. The lowest BCUT2D eigenvalue weighted by Crippen LogP contribution is -2.30. The Morgan fingerprint density at radius 1 is 1.19 bits per heavy atom. The number of hydrazine groups is 1. The lowest BCUT2D eigenvalue weighted by Gasteiger charge is -2.16. The first kappa shape index (κ1) is 10.5. The van der Waals surface area contributed by atoms with Gasteiger partial charge in [0.2, 0.25) is 0 Å². The third-order valence-corrected chi connectivity index (χ3v) is 2.35. The number of nitrogens with one attached hydrogen (secondary N) is 1. The van der Waals surface area contributed by atoms with Crippen molar-refractivity contribution in [3.8, 4) is 0 Å². The molecule has 5 N–H and O–H groups in total. The largest absolute Gasteiger partial charge is 0.398 e. The normalized spacial score (nSPS) is 12.3. The Morgan fingerprint density at radius 2 is 2.00 bits per heavy atom. The summed E-state index contributed by atoms with van der Waals surface area (Å²) in [6, 6.07) is 7.29. The molecule has 0 aliphatic heterocycles. The van der Waals surface area contributed by atoms with Gasteiger partial charge in [-0.3, -0.25) is 15.8 Å². The fourth-order valence-electron chi connectivity index (χ4n) is 1.57. The van der Waals surface area contributed by atoms with Gasteiger partial charge < -0.3 is 5.73 Å². The molecule has 1 atom stereocenters. The summed E-state index contributed by atoms with van der Waals surface area (Å²) in [4.78, 5) is 8.22. The average Bonchev–Trinajstić information content (AvgIpc) is 2.34. The van der Waals surface area contributed by atoms with Gasteiger partial charge in [-0.2, -0.15) is 0 Å². The molecule has 0 saturated heterocycles. The van der Waals surface area contributed by atoms with Crippen molar-refractivity contribution in [2.24, 2.45) is 5.84 Å². The SMILES string of the molecule is NNC(c1cnccn1)c1ccccc1N. The minimum atomic E-state index is -0.241. The number of rotatable bonds is 3. The van der Waals surface area contributed by atoms with Crippen molar-refractivity contribution in [1.82, 2.24) is 15.4 Å². The molecule has 2 aromatic rings. The highest BCUT2D eigenvalue weighted by Crippen LogP contribution is 2.23. The Hall–Kier alpha value is -1.98. The maximum Gasteiger partial charge on any atom is 0.0916 e. The van der Waals surface area contributed by atoms with E-state index in [0.29, 0.717) is 5.69 Å². The van der Waals surface area contributed by atoms with E-state index in [1.54, 1.807) is 18.6 Å². The van der Waals surface area contributed by atoms with Crippen molar-refractivity contribution in [3.63, 3.8) is 0 Å². The Balaban J connectivity index is 2.41. The van der Waals surface area contributed by atoms with Crippen LogP contribution in [-0.2, 0) is 0 Å². The van der Waals surface area contributed by atoms with Gasteiger partial charge in [0.25, 0.3) is 0 Å². The summed E-state index contributed by atoms with van der Waals surface area (Å²) in [6.45, 7) is 0. The van der Waals surface area contributed by atoms with E-state index < -0.39 is 0 Å². The van der Waals surface area contributed by atoms with Gasteiger partial charge in [-0.15, -0.1) is 0 Å². The molecular weight excluding hydrogens is 202 g/mol. The van der Waals surface area contributed by atoms with Crippen molar-refractivity contribution >= 4 is 5.69 Å². The molecule has 5 nitrogen and oxygen atoms in total. The Morgan fingerprint density at radius 3 is 2.62 bits per heavy atom. The van der Waals surface area contributed by atoms with E-state index >= 15 is 0 Å². The van der Waals surface area contributed by atoms with Crippen LogP contribution in [0, 0.1) is 0 Å². The first-order chi connectivity index (χ1) is 7.83. The summed E-state index contributed by atoms with van der Waals surface area (Å²) >= 11 is 0. The molecule has 82 valence electrons. The van der Waals surface area contributed by atoms with Crippen LogP contribution >= 0.6 is 0 Å². The van der Waals surface area contributed by atoms with Crippen molar-refractivity contribution in [3.05, 3.63) is 54.1 Å². The molecule has 0 spiro atoms. The van der Waals surface area contributed by atoms with E-state index in [9.17, 15) is 0 Å². The standard InChI is InChI=1S/C11H13N5/c12-9-4-2-1-3-8(9)11(16-13)10-7-14-5-6-15-10/h1-7,11,16H,12-13H2. The lowest BCUT2D eigenvalue weighted by molar-refractivity contribution is 0.619. The first-order valence-corrected chi connectivity index (χ1v) is 4.89. The summed E-state index contributed by atoms with van der Waals surface area (Å²) in [6.07, 6.45) is 4.90. The smallest absolute Gasteiger partial charge is 0.0916 e. The zero-order chi connectivity index (χ0) is 11.4. The van der Waals surface area contributed by atoms with Gasteiger partial charge in [0.15, 0.2) is 0 Å². The van der Waals surface area contributed by atoms with Crippen LogP contribution in [0.15, 0.2) is 42.9 Å². The van der Waals surface area contributed by atoms with Crippen molar-refractivity contribution in [2.45, 2.75) is 6.04 Å². The van der Waals surface area contributed by atoms with E-state index in [-0.39, 0.29) is 6.04 Å². The predicted octanol–water partition coefficient (Wildman–Crippen LogP) is 0.611. The monoisotopic (exact) mass is 215 g/mol. The van der Waals surface area contributed by atoms with Gasteiger partial charge in [-0.05, 0) is 11.6 Å². The maximum atomic E-state index is 5.89. The second-order valence-electron chi connectivity index (χ2n) is 3.36. The number of aromatic nitrogens is 2. The van der Waals surface area contributed by atoms with Crippen LogP contribution in [0.2, 0.25) is 0 Å². The zero-order valence-electron chi connectivity index (χ0n) is 8.67. The molecule has 0 aliphatic carbocycles. The zero-order valence-corrected chi connectivity index (χ0v) is 8.67. The van der Waals surface area contributed by atoms with Gasteiger partial charge in [0, 0.05) is 18.1 Å². The van der Waals surface area contributed by atoms with Crippen molar-refractivity contribution in [1.29, 1.82) is 0 Å². The minimum absolute atomic E-state index is 0.241. The number of para-hydroxylation sites is 1. The van der Waals surface area contributed by atoms with Crippen LogP contribution in [0.4, 0.5) is 5.69 Å². The predicted molar refractivity (Wildman–Crippen MR) is 62.1 cm³/mol. The van der Waals surface area contributed by atoms with E-state index in [0.717, 1.165) is 11.3 Å². The van der Waals surface area contributed by atoms with Gasteiger partial charge in [-0.25, -0.2) is 5.43 Å². The molecule has 0 bridgehead atoms. The summed E-state index contributed by atoms with van der Waals surface area (Å²) < 4.78 is 0. The number of nitrogens with two attached hydrogens (primary N) is 2. The number of anilines is 1. The number of hydrogen-bond acceptors (Lipinski definition) is 5. The van der Waals surface area contributed by atoms with Gasteiger partial charge in [-0.1, -0.05) is 18.2 Å². The molecule has 0 aliphatic rings. The van der Waals surface area contributed by atoms with Crippen LogP contribution in [-0.4, -0.2) is 9.97 Å². The van der Waals surface area contributed by atoms with E-state index in [1.165, 1.54) is 0 Å². The number of benzene rings is 1. The molecule has 16 heavy (non-hydrogen) atoms. The number of nitrogen functional groups attached to an aromatic ring is 1. The second-order valence-corrected chi connectivity index (χ2v) is 3.36. The third kappa shape index (κ3) is 2.00. The Bertz CT molecular complexity index is 457. The lowest BCUT2D eigenvalue weighted by atomic mass is 10.0. The fraction of sp³-hybridized carbons (Fsp3) is 0.0909. The maximum absolute atomic E-state index is 5.89. The quantitative estimate of drug-likeness (QED) is 0.396. The highest BCUT2D eigenvalue weighted by Gasteiger charge is 2.15. The van der Waals surface area contributed by atoms with E-state index in [4.69, 9.17) is 11.6 Å². The molecule has 0 radical (unpaired) electrons. The Kier molecular flexibility index (Phi) is 3.09. The topological polar surface area (TPSA) is 89.8 Å². The molecule has 5 heteroatoms. The molecule has 0 fully saturated rings. The van der Waals surface area contributed by atoms with Crippen LogP contribution < -0.4 is 17.0 Å².